The number of amides is 1. The Morgan fingerprint density at radius 3 is 2.41 bits per heavy atom. The summed E-state index contributed by atoms with van der Waals surface area (Å²) in [5.41, 5.74) is 4.02. The quantitative estimate of drug-likeness (QED) is 0.314. The molecule has 7 nitrogen and oxygen atoms in total. The largest absolute Gasteiger partial charge is 0.390 e. The maximum Gasteiger partial charge on any atom is 0.217 e. The van der Waals surface area contributed by atoms with E-state index in [1.807, 2.05) is 10.6 Å². The van der Waals surface area contributed by atoms with Gasteiger partial charge < -0.3 is 25.4 Å². The lowest BCUT2D eigenvalue weighted by Gasteiger charge is -2.25. The molecular weight excluding hydrogens is 478 g/mol. The van der Waals surface area contributed by atoms with Crippen LogP contribution in [0.4, 0.5) is 8.78 Å². The van der Waals surface area contributed by atoms with Gasteiger partial charge in [-0.15, -0.1) is 0 Å². The first kappa shape index (κ1) is 28.4. The average Bonchev–Trinajstić information content (AvgIpc) is 3.26. The topological polar surface area (TPSA) is 99.4 Å². The van der Waals surface area contributed by atoms with E-state index in [9.17, 15) is 23.8 Å². The van der Waals surface area contributed by atoms with E-state index in [4.69, 9.17) is 0 Å². The number of halogens is 2. The lowest BCUT2D eigenvalue weighted by molar-refractivity contribution is -0.120. The van der Waals surface area contributed by atoms with E-state index in [0.717, 1.165) is 23.7 Å². The molecule has 0 fully saturated rings. The van der Waals surface area contributed by atoms with E-state index in [1.165, 1.54) is 24.6 Å². The molecule has 2 atom stereocenters. The van der Waals surface area contributed by atoms with Gasteiger partial charge in [0.15, 0.2) is 0 Å². The molecule has 2 aromatic carbocycles. The van der Waals surface area contributed by atoms with Crippen molar-refractivity contribution >= 4 is 5.91 Å². The number of aromatic nitrogens is 2. The molecule has 1 amide bonds. The molecule has 1 aromatic heterocycles. The van der Waals surface area contributed by atoms with E-state index in [0.29, 0.717) is 17.8 Å². The summed E-state index contributed by atoms with van der Waals surface area (Å²) in [5.74, 6) is -1.77. The Balaban J connectivity index is 1.76. The zero-order chi connectivity index (χ0) is 27.2. The third-order valence-electron chi connectivity index (χ3n) is 5.85. The highest BCUT2D eigenvalue weighted by Crippen LogP contribution is 2.24. The van der Waals surface area contributed by atoms with Gasteiger partial charge in [-0.1, -0.05) is 32.9 Å². The van der Waals surface area contributed by atoms with Crippen LogP contribution < -0.4 is 10.6 Å². The van der Waals surface area contributed by atoms with Gasteiger partial charge in [-0.2, -0.15) is 0 Å². The predicted octanol–water partition coefficient (Wildman–Crippen LogP) is 3.43. The average molecular weight is 515 g/mol. The Labute approximate surface area is 216 Å². The van der Waals surface area contributed by atoms with Gasteiger partial charge in [0.1, 0.15) is 11.6 Å². The molecule has 0 radical (unpaired) electrons. The molecule has 0 aliphatic carbocycles. The normalized spacial score (nSPS) is 13.4. The first-order chi connectivity index (χ1) is 17.4. The van der Waals surface area contributed by atoms with E-state index in [-0.39, 0.29) is 30.9 Å². The molecule has 1 heterocycles. The van der Waals surface area contributed by atoms with Crippen molar-refractivity contribution in [1.29, 1.82) is 0 Å². The number of aliphatic hydroxyl groups is 2. The minimum atomic E-state index is -1.01. The van der Waals surface area contributed by atoms with Crippen molar-refractivity contribution < 1.29 is 23.8 Å². The lowest BCUT2D eigenvalue weighted by atomic mass is 9.87. The summed E-state index contributed by atoms with van der Waals surface area (Å²) in [7, 11) is 0. The number of aliphatic hydroxyl groups excluding tert-OH is 2. The van der Waals surface area contributed by atoms with E-state index < -0.39 is 23.8 Å². The van der Waals surface area contributed by atoms with Gasteiger partial charge in [0.05, 0.1) is 36.5 Å². The van der Waals surface area contributed by atoms with Crippen molar-refractivity contribution in [2.45, 2.75) is 65.8 Å². The minimum absolute atomic E-state index is 0.0718. The maximum atomic E-state index is 13.6. The predicted molar refractivity (Wildman–Crippen MR) is 138 cm³/mol. The van der Waals surface area contributed by atoms with Gasteiger partial charge in [0.2, 0.25) is 5.91 Å². The molecule has 0 aliphatic rings. The number of nitrogens with one attached hydrogen (secondary N) is 2. The van der Waals surface area contributed by atoms with Crippen LogP contribution in [0.2, 0.25) is 0 Å². The molecule has 3 rings (SSSR count). The molecule has 200 valence electrons. The van der Waals surface area contributed by atoms with Gasteiger partial charge in [-0.05, 0) is 53.1 Å². The van der Waals surface area contributed by atoms with Crippen molar-refractivity contribution in [3.8, 4) is 5.69 Å². The van der Waals surface area contributed by atoms with Gasteiger partial charge in [-0.3, -0.25) is 4.79 Å². The second kappa shape index (κ2) is 12.4. The van der Waals surface area contributed by atoms with E-state index in [2.05, 4.69) is 48.5 Å². The molecule has 0 aliphatic heterocycles. The highest BCUT2D eigenvalue weighted by Gasteiger charge is 2.22. The molecular formula is C28H36F2N4O3. The third-order valence-corrected chi connectivity index (χ3v) is 5.85. The number of carbonyl (C=O) groups is 1. The van der Waals surface area contributed by atoms with Crippen molar-refractivity contribution in [2.75, 3.05) is 6.54 Å². The molecule has 3 aromatic rings. The fourth-order valence-corrected chi connectivity index (χ4v) is 4.36. The first-order valence-electron chi connectivity index (χ1n) is 12.3. The van der Waals surface area contributed by atoms with E-state index in [1.54, 1.807) is 12.5 Å². The molecule has 37 heavy (non-hydrogen) atoms. The van der Waals surface area contributed by atoms with Crippen LogP contribution >= 0.6 is 0 Å². The number of nitrogens with zero attached hydrogens (tertiary/aromatic N) is 2. The molecule has 0 saturated heterocycles. The summed E-state index contributed by atoms with van der Waals surface area (Å²) >= 11 is 0. The van der Waals surface area contributed by atoms with Crippen molar-refractivity contribution in [3.05, 3.63) is 82.9 Å². The summed E-state index contributed by atoms with van der Waals surface area (Å²) in [6.45, 7) is 8.24. The number of hydrogen-bond donors (Lipinski definition) is 4. The fraction of sp³-hybridized carbons (Fsp3) is 0.429. The molecule has 2 unspecified atom stereocenters. The van der Waals surface area contributed by atoms with Crippen LogP contribution in [0.25, 0.3) is 5.69 Å². The SMILES string of the molecule is CC(=O)NC(Cc1cc(F)cc(F)c1)C(O)CNCc1cc(CC(C)(C)C)ccc1-n1cnc(CO)c1. The maximum absolute atomic E-state index is 13.6. The summed E-state index contributed by atoms with van der Waals surface area (Å²) in [6.07, 6.45) is 3.35. The second-order valence-electron chi connectivity index (χ2n) is 10.6. The number of imidazole rings is 1. The number of carbonyl (C=O) groups excluding carboxylic acids is 1. The Kier molecular flexibility index (Phi) is 9.53. The number of benzene rings is 2. The first-order valence-corrected chi connectivity index (χ1v) is 12.3. The van der Waals surface area contributed by atoms with Gasteiger partial charge in [-0.25, -0.2) is 13.8 Å². The van der Waals surface area contributed by atoms with Crippen molar-refractivity contribution in [2.24, 2.45) is 5.41 Å². The summed E-state index contributed by atoms with van der Waals surface area (Å²) in [5, 5.41) is 26.2. The van der Waals surface area contributed by atoms with Crippen LogP contribution in [-0.4, -0.2) is 44.4 Å². The molecule has 9 heteroatoms. The van der Waals surface area contributed by atoms with Crippen LogP contribution in [0.1, 0.15) is 50.1 Å². The Bertz CT molecular complexity index is 1190. The summed E-state index contributed by atoms with van der Waals surface area (Å²) in [4.78, 5) is 15.9. The van der Waals surface area contributed by atoms with Gasteiger partial charge in [0.25, 0.3) is 0 Å². The molecule has 4 N–H and O–H groups in total. The van der Waals surface area contributed by atoms with Crippen LogP contribution in [0, 0.1) is 17.0 Å². The van der Waals surface area contributed by atoms with Crippen LogP contribution in [0.15, 0.2) is 48.9 Å². The van der Waals surface area contributed by atoms with Crippen molar-refractivity contribution in [3.63, 3.8) is 0 Å². The van der Waals surface area contributed by atoms with Gasteiger partial charge >= 0.3 is 0 Å². The monoisotopic (exact) mass is 514 g/mol. The smallest absolute Gasteiger partial charge is 0.217 e. The van der Waals surface area contributed by atoms with Crippen LogP contribution in [-0.2, 0) is 30.8 Å². The lowest BCUT2D eigenvalue weighted by Crippen LogP contribution is -2.48. The Morgan fingerprint density at radius 2 is 1.81 bits per heavy atom. The zero-order valence-electron chi connectivity index (χ0n) is 21.8. The Hall–Kier alpha value is -3.14. The number of hydrogen-bond acceptors (Lipinski definition) is 5. The summed E-state index contributed by atoms with van der Waals surface area (Å²) in [6, 6.07) is 8.62. The van der Waals surface area contributed by atoms with Crippen LogP contribution in [0.5, 0.6) is 0 Å². The highest BCUT2D eigenvalue weighted by atomic mass is 19.1. The molecule has 0 saturated carbocycles. The second-order valence-corrected chi connectivity index (χ2v) is 10.6. The number of rotatable bonds is 11. The Morgan fingerprint density at radius 1 is 1.11 bits per heavy atom. The summed E-state index contributed by atoms with van der Waals surface area (Å²) < 4.78 is 29.1. The standard InChI is InChI=1S/C28H36F2N4O3/c1-18(36)33-25(10-20-8-22(29)11-23(30)9-20)27(37)14-31-13-21-7-19(12-28(2,3)4)5-6-26(21)34-15-24(16-35)32-17-34/h5-9,11,15,17,25,27,31,35,37H,10,12-14,16H2,1-4H3,(H,33,36). The zero-order valence-corrected chi connectivity index (χ0v) is 21.8. The van der Waals surface area contributed by atoms with Gasteiger partial charge in [0, 0.05) is 32.3 Å². The van der Waals surface area contributed by atoms with Crippen molar-refractivity contribution in [1.82, 2.24) is 20.2 Å². The van der Waals surface area contributed by atoms with E-state index >= 15 is 0 Å². The third kappa shape index (κ3) is 8.73. The fourth-order valence-electron chi connectivity index (χ4n) is 4.36. The highest BCUT2D eigenvalue weighted by molar-refractivity contribution is 5.73. The molecule has 0 bridgehead atoms. The van der Waals surface area contributed by atoms with Crippen LogP contribution in [0.3, 0.4) is 0 Å². The molecule has 0 spiro atoms. The minimum Gasteiger partial charge on any atom is -0.390 e.